The Morgan fingerprint density at radius 3 is 2.54 bits per heavy atom. The van der Waals surface area contributed by atoms with Crippen LogP contribution in [-0.4, -0.2) is 26.6 Å². The van der Waals surface area contributed by atoms with E-state index in [4.69, 9.17) is 0 Å². The van der Waals surface area contributed by atoms with Gasteiger partial charge in [0.2, 0.25) is 5.91 Å². The summed E-state index contributed by atoms with van der Waals surface area (Å²) in [6, 6.07) is 10.9. The van der Waals surface area contributed by atoms with Gasteiger partial charge >= 0.3 is 5.69 Å². The van der Waals surface area contributed by atoms with Crippen molar-refractivity contribution in [1.82, 2.24) is 14.1 Å². The predicted octanol–water partition coefficient (Wildman–Crippen LogP) is 1.93. The largest absolute Gasteiger partial charge is 0.332 e. The van der Waals surface area contributed by atoms with E-state index in [2.05, 4.69) is 11.6 Å². The molecule has 0 N–H and O–H groups in total. The number of nitrogens with zero attached hydrogens (tertiary/aromatic N) is 4. The molecule has 0 saturated carbocycles. The lowest BCUT2D eigenvalue weighted by Crippen LogP contribution is -2.45. The molecule has 7 nitrogen and oxygen atoms in total. The molecule has 0 aliphatic rings. The molecule has 3 rings (SSSR count). The number of para-hydroxylation sites is 1. The summed E-state index contributed by atoms with van der Waals surface area (Å²) in [4.78, 5) is 44.5. The second-order valence-corrected chi connectivity index (χ2v) is 6.64. The number of rotatable bonds is 5. The number of pyridine rings is 1. The van der Waals surface area contributed by atoms with Crippen molar-refractivity contribution in [1.29, 1.82) is 0 Å². The number of amides is 1. The third-order valence-corrected chi connectivity index (χ3v) is 4.59. The zero-order valence-electron chi connectivity index (χ0n) is 16.2. The van der Waals surface area contributed by atoms with Crippen molar-refractivity contribution in [2.45, 2.75) is 20.4 Å². The van der Waals surface area contributed by atoms with Gasteiger partial charge in [0, 0.05) is 25.0 Å². The average Bonchev–Trinajstić information content (AvgIpc) is 2.67. The van der Waals surface area contributed by atoms with Crippen LogP contribution in [0.15, 0.2) is 58.6 Å². The molecular formula is C21H22N4O3. The van der Waals surface area contributed by atoms with Gasteiger partial charge < -0.3 is 4.90 Å². The molecule has 0 radical (unpaired) electrons. The van der Waals surface area contributed by atoms with E-state index in [-0.39, 0.29) is 19.0 Å². The van der Waals surface area contributed by atoms with Gasteiger partial charge in [-0.15, -0.1) is 6.58 Å². The van der Waals surface area contributed by atoms with Gasteiger partial charge in [-0.25, -0.2) is 9.78 Å². The maximum atomic E-state index is 13.0. The fourth-order valence-electron chi connectivity index (χ4n) is 3.27. The third-order valence-electron chi connectivity index (χ3n) is 4.59. The minimum atomic E-state index is -0.574. The standard InChI is InChI=1S/C21H22N4O3/c1-5-11-24(16-9-7-6-8-10-16)17(26)13-25-20(27)18-14(2)12-15(3)22-19(18)23(4)21(25)28/h5-10,12H,1,11,13H2,2-4H3. The number of aromatic nitrogens is 3. The number of aryl methyl sites for hydroxylation is 3. The van der Waals surface area contributed by atoms with Crippen LogP contribution in [-0.2, 0) is 18.4 Å². The van der Waals surface area contributed by atoms with E-state index in [1.54, 1.807) is 45.2 Å². The van der Waals surface area contributed by atoms with Crippen molar-refractivity contribution < 1.29 is 4.79 Å². The summed E-state index contributed by atoms with van der Waals surface area (Å²) in [5.74, 6) is -0.373. The van der Waals surface area contributed by atoms with Crippen molar-refractivity contribution in [3.8, 4) is 0 Å². The molecule has 0 spiro atoms. The van der Waals surface area contributed by atoms with Crippen LogP contribution < -0.4 is 16.1 Å². The van der Waals surface area contributed by atoms with Gasteiger partial charge in [-0.2, -0.15) is 0 Å². The smallest absolute Gasteiger partial charge is 0.307 e. The molecule has 0 aliphatic carbocycles. The second-order valence-electron chi connectivity index (χ2n) is 6.64. The van der Waals surface area contributed by atoms with Gasteiger partial charge in [0.1, 0.15) is 12.2 Å². The summed E-state index contributed by atoms with van der Waals surface area (Å²) in [5, 5.41) is 0.343. The fraction of sp³-hybridized carbons (Fsp3) is 0.238. The fourth-order valence-corrected chi connectivity index (χ4v) is 3.27. The zero-order chi connectivity index (χ0) is 20.4. The normalized spacial score (nSPS) is 10.8. The highest BCUT2D eigenvalue weighted by molar-refractivity contribution is 5.93. The molecule has 0 aliphatic heterocycles. The Morgan fingerprint density at radius 1 is 1.21 bits per heavy atom. The van der Waals surface area contributed by atoms with Gasteiger partial charge in [-0.05, 0) is 37.6 Å². The highest BCUT2D eigenvalue weighted by atomic mass is 16.2. The summed E-state index contributed by atoms with van der Waals surface area (Å²) in [7, 11) is 1.55. The minimum absolute atomic E-state index is 0.269. The van der Waals surface area contributed by atoms with Crippen molar-refractivity contribution in [2.75, 3.05) is 11.4 Å². The minimum Gasteiger partial charge on any atom is -0.307 e. The van der Waals surface area contributed by atoms with Gasteiger partial charge in [0.15, 0.2) is 0 Å². The molecular weight excluding hydrogens is 356 g/mol. The first-order chi connectivity index (χ1) is 13.3. The summed E-state index contributed by atoms with van der Waals surface area (Å²) in [6.45, 7) is 7.19. The van der Waals surface area contributed by atoms with Crippen molar-refractivity contribution >= 4 is 22.6 Å². The number of hydrogen-bond donors (Lipinski definition) is 0. The molecule has 2 aromatic heterocycles. The van der Waals surface area contributed by atoms with Crippen LogP contribution in [0.3, 0.4) is 0 Å². The molecule has 0 saturated heterocycles. The van der Waals surface area contributed by atoms with E-state index in [1.807, 2.05) is 18.2 Å². The number of benzene rings is 1. The van der Waals surface area contributed by atoms with Crippen LogP contribution in [0.2, 0.25) is 0 Å². The van der Waals surface area contributed by atoms with Gasteiger partial charge in [0.25, 0.3) is 5.56 Å². The average molecular weight is 378 g/mol. The van der Waals surface area contributed by atoms with Gasteiger partial charge in [-0.3, -0.25) is 18.7 Å². The molecule has 0 unspecified atom stereocenters. The van der Waals surface area contributed by atoms with Crippen LogP contribution in [0.5, 0.6) is 0 Å². The first-order valence-electron chi connectivity index (χ1n) is 8.89. The molecule has 0 atom stereocenters. The monoisotopic (exact) mass is 378 g/mol. The number of anilines is 1. The van der Waals surface area contributed by atoms with E-state index in [1.165, 1.54) is 9.47 Å². The Balaban J connectivity index is 2.11. The first-order valence-corrected chi connectivity index (χ1v) is 8.89. The molecule has 0 fully saturated rings. The number of carbonyl (C=O) groups excluding carboxylic acids is 1. The highest BCUT2D eigenvalue weighted by Gasteiger charge is 2.20. The summed E-state index contributed by atoms with van der Waals surface area (Å²) >= 11 is 0. The van der Waals surface area contributed by atoms with Crippen molar-refractivity contribution in [2.24, 2.45) is 7.05 Å². The maximum Gasteiger partial charge on any atom is 0.332 e. The summed E-state index contributed by atoms with van der Waals surface area (Å²) < 4.78 is 2.28. The molecule has 28 heavy (non-hydrogen) atoms. The molecule has 3 aromatic rings. The van der Waals surface area contributed by atoms with E-state index < -0.39 is 11.2 Å². The lowest BCUT2D eigenvalue weighted by molar-refractivity contribution is -0.119. The molecule has 7 heteroatoms. The van der Waals surface area contributed by atoms with E-state index in [0.29, 0.717) is 16.7 Å². The Labute approximate surface area is 162 Å². The van der Waals surface area contributed by atoms with Crippen LogP contribution in [0, 0.1) is 13.8 Å². The molecule has 0 bridgehead atoms. The second kappa shape index (κ2) is 7.64. The predicted molar refractivity (Wildman–Crippen MR) is 110 cm³/mol. The molecule has 144 valence electrons. The highest BCUT2D eigenvalue weighted by Crippen LogP contribution is 2.15. The quantitative estimate of drug-likeness (QED) is 0.636. The lowest BCUT2D eigenvalue weighted by atomic mass is 10.2. The Kier molecular flexibility index (Phi) is 5.26. The number of carbonyl (C=O) groups is 1. The first kappa shape index (κ1) is 19.3. The van der Waals surface area contributed by atoms with Gasteiger partial charge in [0.05, 0.1) is 5.39 Å². The third kappa shape index (κ3) is 3.38. The topological polar surface area (TPSA) is 77.2 Å². The Morgan fingerprint density at radius 2 is 1.89 bits per heavy atom. The number of hydrogen-bond acceptors (Lipinski definition) is 4. The van der Waals surface area contributed by atoms with Crippen LogP contribution in [0.25, 0.3) is 11.0 Å². The maximum absolute atomic E-state index is 13.0. The van der Waals surface area contributed by atoms with Crippen LogP contribution in [0.4, 0.5) is 5.69 Å². The molecule has 1 aromatic carbocycles. The zero-order valence-corrected chi connectivity index (χ0v) is 16.2. The van der Waals surface area contributed by atoms with E-state index >= 15 is 0 Å². The van der Waals surface area contributed by atoms with Crippen LogP contribution >= 0.6 is 0 Å². The lowest BCUT2D eigenvalue weighted by Gasteiger charge is -2.22. The Bertz CT molecular complexity index is 1180. The van der Waals surface area contributed by atoms with Crippen molar-refractivity contribution in [3.05, 3.63) is 81.1 Å². The van der Waals surface area contributed by atoms with E-state index in [9.17, 15) is 14.4 Å². The Hall–Kier alpha value is -3.48. The van der Waals surface area contributed by atoms with Crippen molar-refractivity contribution in [3.63, 3.8) is 0 Å². The summed E-state index contributed by atoms with van der Waals surface area (Å²) in [6.07, 6.45) is 1.60. The number of fused-ring (bicyclic) bond motifs is 1. The summed E-state index contributed by atoms with van der Waals surface area (Å²) in [5.41, 5.74) is 1.34. The molecule has 1 amide bonds. The van der Waals surface area contributed by atoms with Gasteiger partial charge in [-0.1, -0.05) is 24.3 Å². The SMILES string of the molecule is C=CCN(C(=O)Cn1c(=O)c2c(C)cc(C)nc2n(C)c1=O)c1ccccc1. The van der Waals surface area contributed by atoms with Crippen LogP contribution in [0.1, 0.15) is 11.3 Å². The molecule has 2 heterocycles. The van der Waals surface area contributed by atoms with E-state index in [0.717, 1.165) is 15.8 Å².